The molecule has 2 aromatic rings. The Morgan fingerprint density at radius 2 is 1.60 bits per heavy atom. The van der Waals surface area contributed by atoms with E-state index in [1.54, 1.807) is 0 Å². The number of rotatable bonds is 15. The third kappa shape index (κ3) is 9.00. The predicted molar refractivity (Wildman–Crippen MR) is 170 cm³/mol. The third-order valence-electron chi connectivity index (χ3n) is 6.64. The number of nitrogens with one attached hydrogen (secondary N) is 2. The van der Waals surface area contributed by atoms with Crippen molar-refractivity contribution in [1.82, 2.24) is 29.7 Å². The summed E-state index contributed by atoms with van der Waals surface area (Å²) in [6, 6.07) is -2.24. The summed E-state index contributed by atoms with van der Waals surface area (Å²) >= 11 is 1.90. The number of halogens is 1. The number of imidazole rings is 1. The van der Waals surface area contributed by atoms with E-state index in [4.69, 9.17) is 29.2 Å². The van der Waals surface area contributed by atoms with E-state index in [9.17, 15) is 24.4 Å². The summed E-state index contributed by atoms with van der Waals surface area (Å²) in [5, 5.41) is 27.7. The van der Waals surface area contributed by atoms with Crippen LogP contribution in [-0.2, 0) is 32.9 Å². The number of ether oxygens (including phenoxy) is 4. The molecule has 0 unspecified atom stereocenters. The summed E-state index contributed by atoms with van der Waals surface area (Å²) in [6.07, 6.45) is -4.07. The molecule has 6 atom stereocenters. The predicted octanol–water partition coefficient (Wildman–Crippen LogP) is 1.51. The monoisotopic (exact) mass is 771 g/mol. The second kappa shape index (κ2) is 15.1. The number of carbonyl (C=O) groups excluding carboxylic acids is 2. The Hall–Kier alpha value is -2.19. The number of anilines is 1. The number of hydrogen-bond acceptors (Lipinski definition) is 14. The minimum Gasteiger partial charge on any atom is -0.479 e. The van der Waals surface area contributed by atoms with Gasteiger partial charge in [0.15, 0.2) is 21.2 Å². The molecule has 1 saturated heterocycles. The maximum atomic E-state index is 14.1. The highest BCUT2D eigenvalue weighted by atomic mass is 127. The molecule has 3 heterocycles. The fraction of sp³-hybridized carbons (Fsp3) is 0.731. The molecule has 1 aliphatic heterocycles. The molecule has 3 rings (SSSR count). The van der Waals surface area contributed by atoms with Crippen LogP contribution in [-0.4, -0.2) is 98.5 Å². The Morgan fingerprint density at radius 3 is 2.09 bits per heavy atom. The molecular formula is C26H43IN7O10P. The lowest BCUT2D eigenvalue weighted by atomic mass is 9.96. The van der Waals surface area contributed by atoms with Gasteiger partial charge in [-0.05, 0) is 32.6 Å². The van der Waals surface area contributed by atoms with E-state index < -0.39 is 62.3 Å². The van der Waals surface area contributed by atoms with Gasteiger partial charge in [-0.2, -0.15) is 9.97 Å². The van der Waals surface area contributed by atoms with E-state index in [2.05, 4.69) is 25.1 Å². The zero-order valence-electron chi connectivity index (χ0n) is 26.5. The molecule has 0 radical (unpaired) electrons. The van der Waals surface area contributed by atoms with Gasteiger partial charge >= 0.3 is 19.6 Å². The van der Waals surface area contributed by atoms with Gasteiger partial charge in [0.05, 0.1) is 26.9 Å². The molecular weight excluding hydrogens is 728 g/mol. The topological polar surface area (TPSA) is 231 Å². The van der Waals surface area contributed by atoms with Gasteiger partial charge in [0.25, 0.3) is 0 Å². The Morgan fingerprint density at radius 1 is 1.07 bits per heavy atom. The second-order valence-electron chi connectivity index (χ2n) is 11.8. The standard InChI is InChI=1S/C26H43IN7O10P/c1-12(2)9-41-21(36)14(5)32-45(39,33-15(6)22(37)42-10-13(3)4)43-11-16-18(35)26(7,38)23(44-16)34-19-17(29-24(34)27)20(40-8)31-25(28)30-19/h12-16,18,23,35,38H,9-11H2,1-8H3,(H2,28,30,31)(H2,32,33,39)/t14-,15-,16+,18+,23+,26+/m0/s1. The Labute approximate surface area is 275 Å². The van der Waals surface area contributed by atoms with E-state index in [0.29, 0.717) is 3.83 Å². The van der Waals surface area contributed by atoms with Gasteiger partial charge < -0.3 is 39.4 Å². The summed E-state index contributed by atoms with van der Waals surface area (Å²) in [5.41, 5.74) is 4.35. The summed E-state index contributed by atoms with van der Waals surface area (Å²) in [7, 11) is -2.86. The van der Waals surface area contributed by atoms with Crippen molar-refractivity contribution < 1.29 is 47.8 Å². The van der Waals surface area contributed by atoms with E-state index in [0.717, 1.165) is 0 Å². The molecule has 19 heteroatoms. The molecule has 0 aromatic carbocycles. The lowest BCUT2D eigenvalue weighted by Gasteiger charge is -2.28. The van der Waals surface area contributed by atoms with Crippen molar-refractivity contribution in [2.45, 2.75) is 84.6 Å². The lowest BCUT2D eigenvalue weighted by Crippen LogP contribution is -2.46. The maximum absolute atomic E-state index is 14.1. The van der Waals surface area contributed by atoms with Crippen LogP contribution >= 0.6 is 30.3 Å². The molecule has 17 nitrogen and oxygen atoms in total. The van der Waals surface area contributed by atoms with Gasteiger partial charge in [0.1, 0.15) is 29.9 Å². The zero-order chi connectivity index (χ0) is 33.9. The fourth-order valence-corrected chi connectivity index (χ4v) is 6.83. The zero-order valence-corrected chi connectivity index (χ0v) is 29.6. The van der Waals surface area contributed by atoms with Crippen molar-refractivity contribution in [3.05, 3.63) is 3.83 Å². The largest absolute Gasteiger partial charge is 0.479 e. The highest BCUT2D eigenvalue weighted by Gasteiger charge is 2.54. The highest BCUT2D eigenvalue weighted by Crippen LogP contribution is 2.45. The number of nitrogens with two attached hydrogens (primary N) is 1. The maximum Gasteiger partial charge on any atom is 0.342 e. The van der Waals surface area contributed by atoms with Crippen LogP contribution in [0.25, 0.3) is 11.2 Å². The highest BCUT2D eigenvalue weighted by molar-refractivity contribution is 14.1. The van der Waals surface area contributed by atoms with Crippen LogP contribution in [0.15, 0.2) is 0 Å². The molecule has 1 aliphatic rings. The number of nitrogen functional groups attached to an aromatic ring is 1. The van der Waals surface area contributed by atoms with E-state index in [-0.39, 0.29) is 48.0 Å². The quantitative estimate of drug-likeness (QED) is 0.0748. The van der Waals surface area contributed by atoms with E-state index in [1.165, 1.54) is 32.4 Å². The lowest BCUT2D eigenvalue weighted by molar-refractivity contribution is -0.146. The summed E-state index contributed by atoms with van der Waals surface area (Å²) in [6.45, 7) is 11.4. The van der Waals surface area contributed by atoms with Crippen LogP contribution < -0.4 is 20.6 Å². The number of esters is 2. The molecule has 6 N–H and O–H groups in total. The Kier molecular flexibility index (Phi) is 12.5. The normalized spacial score (nSPS) is 23.4. The number of hydrogen-bond donors (Lipinski definition) is 5. The van der Waals surface area contributed by atoms with Crippen molar-refractivity contribution in [2.24, 2.45) is 11.8 Å². The Balaban J connectivity index is 1.86. The van der Waals surface area contributed by atoms with Crippen molar-refractivity contribution in [1.29, 1.82) is 0 Å². The van der Waals surface area contributed by atoms with Crippen molar-refractivity contribution in [3.63, 3.8) is 0 Å². The first-order valence-electron chi connectivity index (χ1n) is 14.3. The van der Waals surface area contributed by atoms with Gasteiger partial charge in [-0.15, -0.1) is 0 Å². The smallest absolute Gasteiger partial charge is 0.342 e. The molecule has 0 aliphatic carbocycles. The van der Waals surface area contributed by atoms with Crippen molar-refractivity contribution >= 4 is 59.3 Å². The summed E-state index contributed by atoms with van der Waals surface area (Å²) < 4.78 is 43.4. The van der Waals surface area contributed by atoms with Gasteiger partial charge in [-0.3, -0.25) is 18.7 Å². The van der Waals surface area contributed by atoms with Crippen LogP contribution in [0.5, 0.6) is 5.88 Å². The molecule has 1 fully saturated rings. The molecule has 0 saturated carbocycles. The number of carbonyl (C=O) groups is 2. The number of aromatic nitrogens is 4. The van der Waals surface area contributed by atoms with Crippen molar-refractivity contribution in [3.8, 4) is 5.88 Å². The van der Waals surface area contributed by atoms with Crippen LogP contribution in [0.1, 0.15) is 54.7 Å². The van der Waals surface area contributed by atoms with Crippen molar-refractivity contribution in [2.75, 3.05) is 32.7 Å². The minimum atomic E-state index is -4.25. The second-order valence-corrected chi connectivity index (χ2v) is 14.7. The number of nitrogens with zero attached hydrogens (tertiary/aromatic N) is 4. The van der Waals surface area contributed by atoms with Gasteiger partial charge in [0, 0.05) is 22.6 Å². The average Bonchev–Trinajstić information content (AvgIpc) is 3.39. The third-order valence-corrected chi connectivity index (χ3v) is 9.37. The van der Waals surface area contributed by atoms with Crippen LogP contribution in [0.4, 0.5) is 5.95 Å². The first-order chi connectivity index (χ1) is 20.9. The number of fused-ring (bicyclic) bond motifs is 1. The van der Waals surface area contributed by atoms with Gasteiger partial charge in [-0.1, -0.05) is 27.7 Å². The number of aliphatic hydroxyl groups is 2. The van der Waals surface area contributed by atoms with E-state index in [1.807, 2.05) is 50.3 Å². The summed E-state index contributed by atoms with van der Waals surface area (Å²) in [4.78, 5) is 37.8. The number of methoxy groups -OCH3 is 1. The molecule has 0 spiro atoms. The van der Waals surface area contributed by atoms with Gasteiger partial charge in [0.2, 0.25) is 11.8 Å². The van der Waals surface area contributed by atoms with Crippen LogP contribution in [0.3, 0.4) is 0 Å². The summed E-state index contributed by atoms with van der Waals surface area (Å²) in [5.74, 6) is -1.26. The molecule has 0 bridgehead atoms. The molecule has 0 amide bonds. The first kappa shape index (κ1) is 37.3. The fourth-order valence-electron chi connectivity index (χ4n) is 4.29. The van der Waals surface area contributed by atoms with E-state index >= 15 is 0 Å². The van der Waals surface area contributed by atoms with Crippen LogP contribution in [0, 0.1) is 15.7 Å². The average molecular weight is 772 g/mol. The first-order valence-corrected chi connectivity index (χ1v) is 17.0. The molecule has 2 aromatic heterocycles. The number of aliphatic hydroxyl groups excluding tert-OH is 1. The van der Waals surface area contributed by atoms with Gasteiger partial charge in [-0.25, -0.2) is 15.2 Å². The Bertz CT molecular complexity index is 1370. The molecule has 254 valence electrons. The SMILES string of the molecule is COc1nc(N)nc2c1nc(I)n2[C@@H]1O[C@H](COP(=O)(N[C@@H](C)C(=O)OCC(C)C)N[C@@H](C)C(=O)OCC(C)C)[C@@H](O)[C@@]1(C)O. The van der Waals surface area contributed by atoms with Crippen LogP contribution in [0.2, 0.25) is 0 Å². The minimum absolute atomic E-state index is 0.0690. The molecule has 45 heavy (non-hydrogen) atoms.